The Morgan fingerprint density at radius 3 is 2.62 bits per heavy atom. The van der Waals surface area contributed by atoms with Crippen LogP contribution >= 0.6 is 23.7 Å². The molecule has 88 valence electrons. The highest BCUT2D eigenvalue weighted by molar-refractivity contribution is 7.10. The molecule has 2 heterocycles. The first-order valence-electron chi connectivity index (χ1n) is 4.90. The van der Waals surface area contributed by atoms with E-state index < -0.39 is 0 Å². The molecule has 0 saturated carbocycles. The normalized spacial score (nSPS) is 19.3. The maximum Gasteiger partial charge on any atom is 0.193 e. The Labute approximate surface area is 106 Å². The highest BCUT2D eigenvalue weighted by Crippen LogP contribution is 2.34. The van der Waals surface area contributed by atoms with Crippen molar-refractivity contribution in [1.29, 1.82) is 0 Å². The van der Waals surface area contributed by atoms with E-state index in [0.29, 0.717) is 5.96 Å². The molecule has 1 aromatic rings. The number of aryl methyl sites for hydroxylation is 1. The molecule has 1 aromatic heterocycles. The van der Waals surface area contributed by atoms with E-state index in [-0.39, 0.29) is 18.4 Å². The van der Waals surface area contributed by atoms with E-state index in [1.54, 1.807) is 11.3 Å². The average molecular weight is 258 g/mol. The molecule has 1 aliphatic heterocycles. The van der Waals surface area contributed by atoms with Crippen LogP contribution in [0.25, 0.3) is 0 Å². The molecule has 0 fully saturated rings. The number of aliphatic imine (C=N–C) groups is 1. The van der Waals surface area contributed by atoms with Gasteiger partial charge in [-0.2, -0.15) is 0 Å². The van der Waals surface area contributed by atoms with Gasteiger partial charge in [0.05, 0.1) is 0 Å². The molecule has 1 unspecified atom stereocenters. The summed E-state index contributed by atoms with van der Waals surface area (Å²) >= 11 is 1.76. The summed E-state index contributed by atoms with van der Waals surface area (Å²) < 4.78 is 0. The number of nitrogens with two attached hydrogens (primary N) is 1. The Morgan fingerprint density at radius 1 is 1.38 bits per heavy atom. The molecule has 1 aliphatic rings. The minimum atomic E-state index is 0. The van der Waals surface area contributed by atoms with E-state index >= 15 is 0 Å². The molecular formula is C11H16ClN3S. The summed E-state index contributed by atoms with van der Waals surface area (Å²) in [5, 5.41) is 5.10. The molecule has 1 atom stereocenters. The maximum absolute atomic E-state index is 5.68. The van der Waals surface area contributed by atoms with Crippen LogP contribution in [0.5, 0.6) is 0 Å². The van der Waals surface area contributed by atoms with Crippen molar-refractivity contribution in [3.05, 3.63) is 33.2 Å². The third kappa shape index (κ3) is 2.23. The third-order valence-electron chi connectivity index (χ3n) is 2.72. The summed E-state index contributed by atoms with van der Waals surface area (Å²) in [4.78, 5) is 5.73. The fourth-order valence-corrected chi connectivity index (χ4v) is 2.79. The minimum Gasteiger partial charge on any atom is -0.370 e. The van der Waals surface area contributed by atoms with Crippen LogP contribution in [0.1, 0.15) is 29.0 Å². The van der Waals surface area contributed by atoms with Gasteiger partial charge in [-0.15, -0.1) is 23.7 Å². The zero-order valence-corrected chi connectivity index (χ0v) is 11.2. The molecule has 16 heavy (non-hydrogen) atoms. The quantitative estimate of drug-likeness (QED) is 0.813. The van der Waals surface area contributed by atoms with Crippen LogP contribution in [-0.4, -0.2) is 5.96 Å². The Kier molecular flexibility index (Phi) is 3.99. The highest BCUT2D eigenvalue weighted by Gasteiger charge is 2.20. The van der Waals surface area contributed by atoms with Gasteiger partial charge in [0.25, 0.3) is 0 Å². The second-order valence-electron chi connectivity index (χ2n) is 3.86. The number of guanidine groups is 1. The van der Waals surface area contributed by atoms with Gasteiger partial charge < -0.3 is 11.1 Å². The summed E-state index contributed by atoms with van der Waals surface area (Å²) in [5.74, 6) is 0.496. The number of hydrogen-bond donors (Lipinski definition) is 2. The highest BCUT2D eigenvalue weighted by atomic mass is 35.5. The van der Waals surface area contributed by atoms with E-state index in [9.17, 15) is 0 Å². The molecule has 0 saturated heterocycles. The Hall–Kier alpha value is -1.00. The van der Waals surface area contributed by atoms with Crippen molar-refractivity contribution >= 4 is 29.7 Å². The summed E-state index contributed by atoms with van der Waals surface area (Å²) in [6.07, 6.45) is 1.93. The van der Waals surface area contributed by atoms with Crippen LogP contribution in [0.2, 0.25) is 0 Å². The van der Waals surface area contributed by atoms with Crippen LogP contribution in [0.3, 0.4) is 0 Å². The van der Waals surface area contributed by atoms with Gasteiger partial charge in [0, 0.05) is 11.1 Å². The molecule has 0 radical (unpaired) electrons. The summed E-state index contributed by atoms with van der Waals surface area (Å²) in [5.41, 5.74) is 9.54. The van der Waals surface area contributed by atoms with Crippen LogP contribution in [-0.2, 0) is 0 Å². The van der Waals surface area contributed by atoms with Gasteiger partial charge in [0.1, 0.15) is 6.04 Å². The Balaban J connectivity index is 0.00000128. The molecule has 0 aromatic carbocycles. The number of nitrogens with zero attached hydrogens (tertiary/aromatic N) is 1. The number of rotatable bonds is 1. The van der Waals surface area contributed by atoms with Crippen molar-refractivity contribution in [2.24, 2.45) is 10.7 Å². The predicted octanol–water partition coefficient (Wildman–Crippen LogP) is 2.65. The monoisotopic (exact) mass is 257 g/mol. The average Bonchev–Trinajstić information content (AvgIpc) is 2.52. The van der Waals surface area contributed by atoms with Crippen molar-refractivity contribution in [3.63, 3.8) is 0 Å². The van der Waals surface area contributed by atoms with Crippen LogP contribution in [0.4, 0.5) is 0 Å². The molecule has 3 N–H and O–H groups in total. The summed E-state index contributed by atoms with van der Waals surface area (Å²) in [7, 11) is 0. The van der Waals surface area contributed by atoms with Crippen molar-refractivity contribution in [3.8, 4) is 0 Å². The second-order valence-corrected chi connectivity index (χ2v) is 4.77. The smallest absolute Gasteiger partial charge is 0.193 e. The van der Waals surface area contributed by atoms with E-state index in [0.717, 1.165) is 0 Å². The zero-order valence-electron chi connectivity index (χ0n) is 9.57. The minimum absolute atomic E-state index is 0. The molecule has 0 spiro atoms. The summed E-state index contributed by atoms with van der Waals surface area (Å²) in [6, 6.07) is 0.102. The third-order valence-corrected chi connectivity index (χ3v) is 3.97. The SMILES string of the molecule is CC1=CNC(N)=NC1c1scc(C)c1C.Cl. The first-order chi connectivity index (χ1) is 7.09. The maximum atomic E-state index is 5.68. The van der Waals surface area contributed by atoms with E-state index in [2.05, 4.69) is 36.5 Å². The summed E-state index contributed by atoms with van der Waals surface area (Å²) in [6.45, 7) is 6.34. The predicted molar refractivity (Wildman–Crippen MR) is 72.3 cm³/mol. The lowest BCUT2D eigenvalue weighted by molar-refractivity contribution is 0.814. The van der Waals surface area contributed by atoms with Gasteiger partial charge in [0.15, 0.2) is 5.96 Å². The van der Waals surface area contributed by atoms with Crippen LogP contribution < -0.4 is 11.1 Å². The van der Waals surface area contributed by atoms with E-state index in [4.69, 9.17) is 5.73 Å². The molecule has 0 aliphatic carbocycles. The fraction of sp³-hybridized carbons (Fsp3) is 0.364. The Bertz CT molecular complexity index is 448. The van der Waals surface area contributed by atoms with Crippen LogP contribution in [0, 0.1) is 13.8 Å². The Morgan fingerprint density at radius 2 is 2.06 bits per heavy atom. The second kappa shape index (κ2) is 4.89. The van der Waals surface area contributed by atoms with Crippen LogP contribution in [0.15, 0.2) is 22.1 Å². The fourth-order valence-electron chi connectivity index (χ4n) is 1.60. The molecule has 5 heteroatoms. The lowest BCUT2D eigenvalue weighted by Gasteiger charge is -2.19. The van der Waals surface area contributed by atoms with E-state index in [1.165, 1.54) is 21.6 Å². The van der Waals surface area contributed by atoms with Crippen molar-refractivity contribution in [2.75, 3.05) is 0 Å². The molecule has 0 bridgehead atoms. The zero-order chi connectivity index (χ0) is 11.0. The molecule has 2 rings (SSSR count). The lowest BCUT2D eigenvalue weighted by Crippen LogP contribution is -2.31. The van der Waals surface area contributed by atoms with Crippen molar-refractivity contribution in [2.45, 2.75) is 26.8 Å². The van der Waals surface area contributed by atoms with E-state index in [1.807, 2.05) is 6.20 Å². The number of thiophene rings is 1. The number of nitrogens with one attached hydrogen (secondary N) is 1. The largest absolute Gasteiger partial charge is 0.370 e. The van der Waals surface area contributed by atoms with Gasteiger partial charge in [0.2, 0.25) is 0 Å². The number of halogens is 1. The topological polar surface area (TPSA) is 50.4 Å². The number of hydrogen-bond acceptors (Lipinski definition) is 4. The van der Waals surface area contributed by atoms with Gasteiger partial charge >= 0.3 is 0 Å². The first kappa shape index (κ1) is 13.1. The van der Waals surface area contributed by atoms with Gasteiger partial charge in [-0.3, -0.25) is 0 Å². The van der Waals surface area contributed by atoms with Gasteiger partial charge in [-0.05, 0) is 42.9 Å². The van der Waals surface area contributed by atoms with Crippen molar-refractivity contribution < 1.29 is 0 Å². The standard InChI is InChI=1S/C11H15N3S.ClH/c1-6-4-13-11(12)14-9(6)10-8(3)7(2)5-15-10;/h4-5,9H,1-3H3,(H3,12,13,14);1H. The lowest BCUT2D eigenvalue weighted by atomic mass is 10.0. The van der Waals surface area contributed by atoms with Gasteiger partial charge in [-0.1, -0.05) is 0 Å². The molecule has 0 amide bonds. The molecule has 3 nitrogen and oxygen atoms in total. The van der Waals surface area contributed by atoms with Crippen molar-refractivity contribution in [1.82, 2.24) is 5.32 Å². The van der Waals surface area contributed by atoms with Gasteiger partial charge in [-0.25, -0.2) is 4.99 Å². The first-order valence-corrected chi connectivity index (χ1v) is 5.78. The molecular weight excluding hydrogens is 242 g/mol.